The fourth-order valence-electron chi connectivity index (χ4n) is 5.84. The number of carbonyl (C=O) groups is 1. The van der Waals surface area contributed by atoms with E-state index < -0.39 is 6.10 Å². The lowest BCUT2D eigenvalue weighted by atomic mass is 9.85. The molecule has 1 aromatic carbocycles. The molecule has 2 aromatic rings. The van der Waals surface area contributed by atoms with E-state index in [0.717, 1.165) is 53.7 Å². The lowest BCUT2D eigenvalue weighted by Gasteiger charge is -2.43. The molecule has 3 fully saturated rings. The number of carbonyl (C=O) groups excluding carboxylic acids is 1. The lowest BCUT2D eigenvalue weighted by molar-refractivity contribution is -0.118. The number of hydrogen-bond donors (Lipinski definition) is 2. The number of methoxy groups -OCH3 is 1. The summed E-state index contributed by atoms with van der Waals surface area (Å²) in [5.41, 5.74) is 0.524. The van der Waals surface area contributed by atoms with Gasteiger partial charge in [0.15, 0.2) is 0 Å². The summed E-state index contributed by atoms with van der Waals surface area (Å²) in [6, 6.07) is 6.07. The van der Waals surface area contributed by atoms with Gasteiger partial charge < -0.3 is 19.9 Å². The van der Waals surface area contributed by atoms with Gasteiger partial charge in [0.05, 0.1) is 30.5 Å². The number of likely N-dealkylation sites (tertiary alicyclic amines) is 1. The average molecular weight is 502 g/mol. The Morgan fingerprint density at radius 3 is 2.69 bits per heavy atom. The first-order chi connectivity index (χ1) is 16.6. The first-order valence-corrected chi connectivity index (χ1v) is 13.0. The minimum absolute atomic E-state index is 0.000101. The molecule has 4 atom stereocenters. The summed E-state index contributed by atoms with van der Waals surface area (Å²) in [5, 5.41) is 16.1. The van der Waals surface area contributed by atoms with Crippen LogP contribution in [0.3, 0.4) is 0 Å². The highest BCUT2D eigenvalue weighted by Gasteiger charge is 2.52. The van der Waals surface area contributed by atoms with Crippen molar-refractivity contribution < 1.29 is 19.4 Å². The number of rotatable bonds is 6. The van der Waals surface area contributed by atoms with E-state index in [1.54, 1.807) is 13.3 Å². The summed E-state index contributed by atoms with van der Waals surface area (Å²) in [6.45, 7) is 8.92. The monoisotopic (exact) mass is 501 g/mol. The zero-order valence-corrected chi connectivity index (χ0v) is 21.8. The normalized spacial score (nSPS) is 30.1. The van der Waals surface area contributed by atoms with Gasteiger partial charge in [0.25, 0.3) is 0 Å². The van der Waals surface area contributed by atoms with Crippen LogP contribution in [0.2, 0.25) is 5.02 Å². The van der Waals surface area contributed by atoms with E-state index in [4.69, 9.17) is 21.1 Å². The van der Waals surface area contributed by atoms with E-state index >= 15 is 0 Å². The Hall–Kier alpha value is -1.77. The van der Waals surface area contributed by atoms with Gasteiger partial charge in [-0.05, 0) is 94.1 Å². The van der Waals surface area contributed by atoms with Crippen LogP contribution in [0.4, 0.5) is 5.82 Å². The molecular formula is C27H36ClN3O4. The Balaban J connectivity index is 1.28. The molecule has 5 rings (SSSR count). The zero-order valence-electron chi connectivity index (χ0n) is 21.0. The van der Waals surface area contributed by atoms with Crippen molar-refractivity contribution in [1.29, 1.82) is 0 Å². The number of halogens is 1. The van der Waals surface area contributed by atoms with Crippen LogP contribution in [0.5, 0.6) is 0 Å². The molecule has 190 valence electrons. The number of ether oxygens (including phenoxy) is 2. The highest BCUT2D eigenvalue weighted by Crippen LogP contribution is 2.48. The molecule has 1 aliphatic carbocycles. The third kappa shape index (κ3) is 4.69. The summed E-state index contributed by atoms with van der Waals surface area (Å²) in [7, 11) is 1.69. The van der Waals surface area contributed by atoms with Gasteiger partial charge in [0.1, 0.15) is 5.82 Å². The molecule has 0 spiro atoms. The Morgan fingerprint density at radius 1 is 1.29 bits per heavy atom. The van der Waals surface area contributed by atoms with E-state index in [1.807, 2.05) is 26.0 Å². The van der Waals surface area contributed by atoms with Crippen molar-refractivity contribution in [2.45, 2.75) is 63.2 Å². The van der Waals surface area contributed by atoms with Crippen LogP contribution < -0.4 is 5.32 Å². The molecule has 4 unspecified atom stereocenters. The van der Waals surface area contributed by atoms with Crippen LogP contribution in [0, 0.1) is 11.8 Å². The number of benzene rings is 1. The summed E-state index contributed by atoms with van der Waals surface area (Å²) >= 11 is 6.71. The maximum Gasteiger partial charge on any atom is 0.229 e. The Bertz CT molecular complexity index is 1120. The number of aliphatic hydroxyl groups excluding tert-OH is 1. The second-order valence-corrected chi connectivity index (χ2v) is 11.6. The number of piperidine rings is 1. The van der Waals surface area contributed by atoms with Crippen LogP contribution in [0.1, 0.15) is 51.5 Å². The fraction of sp³-hybridized carbons (Fsp3) is 0.630. The first kappa shape index (κ1) is 24.9. The van der Waals surface area contributed by atoms with E-state index in [-0.39, 0.29) is 28.9 Å². The Labute approximate surface area is 212 Å². The van der Waals surface area contributed by atoms with Gasteiger partial charge in [0, 0.05) is 29.6 Å². The van der Waals surface area contributed by atoms with Crippen molar-refractivity contribution >= 4 is 34.1 Å². The van der Waals surface area contributed by atoms with Crippen LogP contribution in [0.15, 0.2) is 24.4 Å². The van der Waals surface area contributed by atoms with Gasteiger partial charge in [-0.2, -0.15) is 0 Å². The van der Waals surface area contributed by atoms with Gasteiger partial charge >= 0.3 is 0 Å². The molecule has 2 aliphatic heterocycles. The maximum absolute atomic E-state index is 12.8. The third-order valence-electron chi connectivity index (χ3n) is 8.68. The van der Waals surface area contributed by atoms with Gasteiger partial charge in [0.2, 0.25) is 5.91 Å². The highest BCUT2D eigenvalue weighted by atomic mass is 35.5. The molecule has 35 heavy (non-hydrogen) atoms. The van der Waals surface area contributed by atoms with E-state index in [2.05, 4.69) is 28.2 Å². The number of pyridine rings is 1. The molecule has 0 bridgehead atoms. The molecule has 1 saturated carbocycles. The average Bonchev–Trinajstić information content (AvgIpc) is 3.59. The molecule has 8 heteroatoms. The van der Waals surface area contributed by atoms with E-state index in [0.29, 0.717) is 24.9 Å². The second-order valence-electron chi connectivity index (χ2n) is 11.2. The predicted octanol–water partition coefficient (Wildman–Crippen LogP) is 4.22. The molecule has 2 N–H and O–H groups in total. The van der Waals surface area contributed by atoms with Crippen LogP contribution in [-0.2, 0) is 14.3 Å². The van der Waals surface area contributed by atoms with Crippen molar-refractivity contribution in [3.8, 4) is 0 Å². The minimum atomic E-state index is -0.448. The first-order valence-electron chi connectivity index (χ1n) is 12.6. The van der Waals surface area contributed by atoms with E-state index in [9.17, 15) is 9.90 Å². The molecule has 2 saturated heterocycles. The second kappa shape index (κ2) is 9.27. The molecule has 0 radical (unpaired) electrons. The summed E-state index contributed by atoms with van der Waals surface area (Å²) in [4.78, 5) is 19.6. The van der Waals surface area contributed by atoms with Crippen LogP contribution in [0.25, 0.3) is 10.8 Å². The summed E-state index contributed by atoms with van der Waals surface area (Å²) < 4.78 is 11.1. The number of fused-ring (bicyclic) bond motifs is 1. The molecule has 7 nitrogen and oxygen atoms in total. The molecular weight excluding hydrogens is 466 g/mol. The van der Waals surface area contributed by atoms with Crippen molar-refractivity contribution in [3.63, 3.8) is 0 Å². The number of nitrogens with zero attached hydrogens (tertiary/aromatic N) is 2. The van der Waals surface area contributed by atoms with Gasteiger partial charge in [-0.25, -0.2) is 4.98 Å². The summed E-state index contributed by atoms with van der Waals surface area (Å²) in [6.07, 6.45) is 4.10. The molecule has 1 aromatic heterocycles. The Morgan fingerprint density at radius 2 is 2.03 bits per heavy atom. The number of aromatic nitrogens is 1. The maximum atomic E-state index is 12.8. The number of hydrogen-bond acceptors (Lipinski definition) is 6. The molecule has 3 heterocycles. The third-order valence-corrected chi connectivity index (χ3v) is 9.01. The highest BCUT2D eigenvalue weighted by molar-refractivity contribution is 6.32. The van der Waals surface area contributed by atoms with Crippen molar-refractivity contribution in [1.82, 2.24) is 9.88 Å². The topological polar surface area (TPSA) is 83.9 Å². The molecule has 1 amide bonds. The minimum Gasteiger partial charge on any atom is -0.389 e. The van der Waals surface area contributed by atoms with Gasteiger partial charge in [-0.3, -0.25) is 9.69 Å². The van der Waals surface area contributed by atoms with Gasteiger partial charge in [-0.15, -0.1) is 0 Å². The fourth-order valence-corrected chi connectivity index (χ4v) is 6.17. The number of anilines is 1. The molecule has 3 aliphatic rings. The van der Waals surface area contributed by atoms with Crippen LogP contribution in [-0.4, -0.2) is 71.6 Å². The smallest absolute Gasteiger partial charge is 0.229 e. The van der Waals surface area contributed by atoms with Crippen LogP contribution >= 0.6 is 11.6 Å². The predicted molar refractivity (Wildman–Crippen MR) is 137 cm³/mol. The SMILES string of the molecule is COC(C)(C)C1CC1C(=O)Nc1cc2cc(C3CCN(C4(C)COCC4O)CC3)c(Cl)cc2cn1. The largest absolute Gasteiger partial charge is 0.389 e. The number of nitrogens with one attached hydrogen (secondary N) is 1. The van der Waals surface area contributed by atoms with Crippen molar-refractivity contribution in [2.75, 3.05) is 38.7 Å². The summed E-state index contributed by atoms with van der Waals surface area (Å²) in [5.74, 6) is 1.10. The standard InChI is InChI=1S/C27H36ClN3O4/c1-26(2,34-4)21-12-20(21)25(33)30-24-11-17-9-19(22(28)10-18(17)13-29-24)16-5-7-31(8-6-16)27(3)15-35-14-23(27)32/h9-11,13,16,20-21,23,32H,5-8,12,14-15H2,1-4H3,(H,29,30,33). The van der Waals surface area contributed by atoms with E-state index in [1.165, 1.54) is 0 Å². The lowest BCUT2D eigenvalue weighted by Crippen LogP contribution is -2.56. The van der Waals surface area contributed by atoms with Crippen molar-refractivity contribution in [2.24, 2.45) is 11.8 Å². The quantitative estimate of drug-likeness (QED) is 0.616. The van der Waals surface area contributed by atoms with Gasteiger partial charge in [-0.1, -0.05) is 11.6 Å². The zero-order chi connectivity index (χ0) is 25.0. The Kier molecular flexibility index (Phi) is 6.60. The van der Waals surface area contributed by atoms with Crippen molar-refractivity contribution in [3.05, 3.63) is 35.0 Å². The number of amides is 1. The number of aliphatic hydroxyl groups is 1.